The Balaban J connectivity index is 1.51. The second-order valence-corrected chi connectivity index (χ2v) is 7.43. The first-order valence-electron chi connectivity index (χ1n) is 9.42. The first-order chi connectivity index (χ1) is 12.6. The maximum absolute atomic E-state index is 12.6. The van der Waals surface area contributed by atoms with Gasteiger partial charge in [-0.15, -0.1) is 0 Å². The normalized spacial score (nSPS) is 27.0. The van der Waals surface area contributed by atoms with Crippen LogP contribution in [0.15, 0.2) is 34.2 Å². The van der Waals surface area contributed by atoms with E-state index in [1.165, 1.54) is 12.7 Å². The van der Waals surface area contributed by atoms with Crippen molar-refractivity contribution < 1.29 is 14.0 Å². The lowest BCUT2D eigenvalue weighted by Gasteiger charge is -2.48. The molecule has 2 amide bonds. The summed E-state index contributed by atoms with van der Waals surface area (Å²) in [6, 6.07) is 3.67. The van der Waals surface area contributed by atoms with Crippen molar-refractivity contribution in [1.82, 2.24) is 14.7 Å². The largest absolute Gasteiger partial charge is 0.459 e. The fraction of sp³-hybridized carbons (Fsp3) is 0.579. The smallest absolute Gasteiger partial charge is 0.289 e. The zero-order chi connectivity index (χ0) is 18.3. The third kappa shape index (κ3) is 2.75. The van der Waals surface area contributed by atoms with Crippen LogP contribution in [0.3, 0.4) is 0 Å². The van der Waals surface area contributed by atoms with Crippen LogP contribution < -0.4 is 5.73 Å². The molecule has 7 heteroatoms. The molecule has 0 spiro atoms. The molecule has 2 fully saturated rings. The molecule has 2 N–H and O–H groups in total. The Morgan fingerprint density at radius 1 is 1.19 bits per heavy atom. The SMILES string of the molecule is CN1C(=O)C(N)=C(N2CCN(C(=O)c3ccco3)CC2)C2CCCCC21. The van der Waals surface area contributed by atoms with E-state index in [1.807, 2.05) is 11.9 Å². The van der Waals surface area contributed by atoms with E-state index in [-0.39, 0.29) is 17.9 Å². The molecule has 1 saturated heterocycles. The van der Waals surface area contributed by atoms with Crippen molar-refractivity contribution in [3.63, 3.8) is 0 Å². The van der Waals surface area contributed by atoms with Crippen LogP contribution in [0, 0.1) is 5.92 Å². The molecule has 7 nitrogen and oxygen atoms in total. The number of carbonyl (C=O) groups is 2. The summed E-state index contributed by atoms with van der Waals surface area (Å²) >= 11 is 0. The number of hydrogen-bond acceptors (Lipinski definition) is 5. The molecule has 2 aliphatic heterocycles. The van der Waals surface area contributed by atoms with E-state index in [2.05, 4.69) is 4.90 Å². The van der Waals surface area contributed by atoms with E-state index in [0.29, 0.717) is 43.6 Å². The standard InChI is InChI=1S/C19H26N4O3/c1-21-14-6-3-2-5-13(14)17(16(20)19(21)25)22-8-10-23(11-9-22)18(24)15-7-4-12-26-15/h4,7,12-14H,2-3,5-6,8-11,20H2,1H3. The molecule has 3 heterocycles. The van der Waals surface area contributed by atoms with Crippen molar-refractivity contribution in [2.75, 3.05) is 33.2 Å². The van der Waals surface area contributed by atoms with Gasteiger partial charge in [0.2, 0.25) is 0 Å². The lowest BCUT2D eigenvalue weighted by atomic mass is 9.78. The molecule has 140 valence electrons. The fourth-order valence-corrected chi connectivity index (χ4v) is 4.66. The van der Waals surface area contributed by atoms with Crippen LogP contribution in [-0.4, -0.2) is 65.8 Å². The van der Waals surface area contributed by atoms with Crippen molar-refractivity contribution in [2.24, 2.45) is 11.7 Å². The summed E-state index contributed by atoms with van der Waals surface area (Å²) < 4.78 is 5.22. The minimum Gasteiger partial charge on any atom is -0.459 e. The van der Waals surface area contributed by atoms with Gasteiger partial charge >= 0.3 is 0 Å². The number of nitrogens with two attached hydrogens (primary N) is 1. The summed E-state index contributed by atoms with van der Waals surface area (Å²) in [5.74, 6) is 0.557. The quantitative estimate of drug-likeness (QED) is 0.860. The Hall–Kier alpha value is -2.44. The summed E-state index contributed by atoms with van der Waals surface area (Å²) in [6.07, 6.45) is 5.97. The number of carbonyl (C=O) groups excluding carboxylic acids is 2. The van der Waals surface area contributed by atoms with Crippen LogP contribution in [0.2, 0.25) is 0 Å². The number of rotatable bonds is 2. The zero-order valence-corrected chi connectivity index (χ0v) is 15.2. The first kappa shape index (κ1) is 17.0. The molecule has 1 aromatic rings. The number of amides is 2. The Kier molecular flexibility index (Phi) is 4.38. The second-order valence-electron chi connectivity index (χ2n) is 7.43. The van der Waals surface area contributed by atoms with Gasteiger partial charge in [0, 0.05) is 50.9 Å². The highest BCUT2D eigenvalue weighted by Gasteiger charge is 2.42. The van der Waals surface area contributed by atoms with Crippen LogP contribution in [0.25, 0.3) is 0 Å². The number of hydrogen-bond donors (Lipinski definition) is 1. The van der Waals surface area contributed by atoms with E-state index >= 15 is 0 Å². The van der Waals surface area contributed by atoms with Gasteiger partial charge < -0.3 is 24.9 Å². The predicted molar refractivity (Wildman–Crippen MR) is 95.9 cm³/mol. The molecule has 2 unspecified atom stereocenters. The van der Waals surface area contributed by atoms with Crippen LogP contribution in [0.1, 0.15) is 36.2 Å². The van der Waals surface area contributed by atoms with Gasteiger partial charge in [-0.05, 0) is 25.0 Å². The number of furan rings is 1. The molecule has 0 bridgehead atoms. The molecule has 0 radical (unpaired) electrons. The Labute approximate surface area is 153 Å². The summed E-state index contributed by atoms with van der Waals surface area (Å²) in [5, 5.41) is 0. The van der Waals surface area contributed by atoms with Crippen LogP contribution in [0.5, 0.6) is 0 Å². The highest BCUT2D eigenvalue weighted by atomic mass is 16.3. The summed E-state index contributed by atoms with van der Waals surface area (Å²) in [7, 11) is 1.87. The monoisotopic (exact) mass is 358 g/mol. The van der Waals surface area contributed by atoms with Crippen molar-refractivity contribution in [2.45, 2.75) is 31.7 Å². The van der Waals surface area contributed by atoms with Crippen molar-refractivity contribution in [1.29, 1.82) is 0 Å². The molecule has 2 atom stereocenters. The maximum Gasteiger partial charge on any atom is 0.289 e. The van der Waals surface area contributed by atoms with E-state index in [0.717, 1.165) is 25.0 Å². The number of piperazine rings is 1. The van der Waals surface area contributed by atoms with Gasteiger partial charge in [0.05, 0.1) is 6.26 Å². The molecule has 4 rings (SSSR count). The Morgan fingerprint density at radius 2 is 1.92 bits per heavy atom. The minimum atomic E-state index is -0.0772. The average Bonchev–Trinajstić information content (AvgIpc) is 3.21. The third-order valence-corrected chi connectivity index (χ3v) is 6.04. The lowest BCUT2D eigenvalue weighted by Crippen LogP contribution is -2.56. The highest BCUT2D eigenvalue weighted by Crippen LogP contribution is 2.39. The first-order valence-corrected chi connectivity index (χ1v) is 9.42. The highest BCUT2D eigenvalue weighted by molar-refractivity contribution is 5.94. The predicted octanol–water partition coefficient (Wildman–Crippen LogP) is 1.24. The van der Waals surface area contributed by atoms with E-state index < -0.39 is 0 Å². The van der Waals surface area contributed by atoms with Gasteiger partial charge in [-0.2, -0.15) is 0 Å². The van der Waals surface area contributed by atoms with Crippen molar-refractivity contribution in [3.05, 3.63) is 35.6 Å². The van der Waals surface area contributed by atoms with E-state index in [4.69, 9.17) is 10.2 Å². The number of fused-ring (bicyclic) bond motifs is 1. The zero-order valence-electron chi connectivity index (χ0n) is 15.2. The molecular formula is C19H26N4O3. The molecule has 0 aromatic carbocycles. The molecule has 26 heavy (non-hydrogen) atoms. The lowest BCUT2D eigenvalue weighted by molar-refractivity contribution is -0.131. The van der Waals surface area contributed by atoms with E-state index in [9.17, 15) is 9.59 Å². The molecule has 1 aliphatic carbocycles. The van der Waals surface area contributed by atoms with Gasteiger partial charge in [-0.1, -0.05) is 12.8 Å². The van der Waals surface area contributed by atoms with Crippen molar-refractivity contribution >= 4 is 11.8 Å². The Bertz CT molecular complexity index is 719. The number of nitrogens with zero attached hydrogens (tertiary/aromatic N) is 3. The topological polar surface area (TPSA) is 83.0 Å². The average molecular weight is 358 g/mol. The van der Waals surface area contributed by atoms with Gasteiger partial charge in [0.25, 0.3) is 11.8 Å². The van der Waals surface area contributed by atoms with Gasteiger partial charge in [0.1, 0.15) is 5.70 Å². The van der Waals surface area contributed by atoms with Gasteiger partial charge in [0.15, 0.2) is 5.76 Å². The summed E-state index contributed by atoms with van der Waals surface area (Å²) in [4.78, 5) is 30.9. The van der Waals surface area contributed by atoms with Crippen molar-refractivity contribution in [3.8, 4) is 0 Å². The summed E-state index contributed by atoms with van der Waals surface area (Å²) in [6.45, 7) is 2.61. The van der Waals surface area contributed by atoms with Crippen LogP contribution in [0.4, 0.5) is 0 Å². The second kappa shape index (κ2) is 6.70. The Morgan fingerprint density at radius 3 is 2.62 bits per heavy atom. The van der Waals surface area contributed by atoms with Gasteiger partial charge in [-0.3, -0.25) is 9.59 Å². The van der Waals surface area contributed by atoms with E-state index in [1.54, 1.807) is 17.0 Å². The maximum atomic E-state index is 12.6. The molecular weight excluding hydrogens is 332 g/mol. The minimum absolute atomic E-state index is 0.0581. The third-order valence-electron chi connectivity index (χ3n) is 6.04. The molecule has 3 aliphatic rings. The summed E-state index contributed by atoms with van der Waals surface area (Å²) in [5.41, 5.74) is 7.68. The van der Waals surface area contributed by atoms with Crippen LogP contribution in [-0.2, 0) is 4.79 Å². The molecule has 1 aromatic heterocycles. The fourth-order valence-electron chi connectivity index (χ4n) is 4.66. The number of likely N-dealkylation sites (N-methyl/N-ethyl adjacent to an activating group) is 1. The van der Waals surface area contributed by atoms with Gasteiger partial charge in [-0.25, -0.2) is 0 Å². The van der Waals surface area contributed by atoms with Crippen LogP contribution >= 0.6 is 0 Å². The molecule has 1 saturated carbocycles.